The summed E-state index contributed by atoms with van der Waals surface area (Å²) < 4.78 is 19.6. The number of para-hydroxylation sites is 2. The van der Waals surface area contributed by atoms with Crippen LogP contribution in [0.2, 0.25) is 0 Å². The maximum absolute atomic E-state index is 13.9. The highest BCUT2D eigenvalue weighted by Gasteiger charge is 2.24. The summed E-state index contributed by atoms with van der Waals surface area (Å²) in [6, 6.07) is 12.7. The maximum atomic E-state index is 13.9. The van der Waals surface area contributed by atoms with Crippen LogP contribution in [0.25, 0.3) is 0 Å². The van der Waals surface area contributed by atoms with Crippen LogP contribution in [-0.4, -0.2) is 6.54 Å². The predicted molar refractivity (Wildman–Crippen MR) is 68.4 cm³/mol. The van der Waals surface area contributed by atoms with E-state index < -0.39 is 0 Å². The lowest BCUT2D eigenvalue weighted by atomic mass is 9.92. The quantitative estimate of drug-likeness (QED) is 0.834. The van der Waals surface area contributed by atoms with Crippen LogP contribution in [-0.2, 0) is 6.42 Å². The van der Waals surface area contributed by atoms with Crippen molar-refractivity contribution in [2.45, 2.75) is 12.3 Å². The van der Waals surface area contributed by atoms with Crippen LogP contribution in [0, 0.1) is 5.82 Å². The van der Waals surface area contributed by atoms with E-state index in [1.165, 1.54) is 6.07 Å². The number of ether oxygens (including phenoxy) is 1. The number of rotatable bonds is 1. The zero-order valence-corrected chi connectivity index (χ0v) is 9.90. The van der Waals surface area contributed by atoms with Gasteiger partial charge in [-0.1, -0.05) is 30.3 Å². The van der Waals surface area contributed by atoms with Crippen LogP contribution in [0.5, 0.6) is 11.5 Å². The van der Waals surface area contributed by atoms with Crippen molar-refractivity contribution in [1.82, 2.24) is 0 Å². The minimum atomic E-state index is -0.331. The highest BCUT2D eigenvalue weighted by Crippen LogP contribution is 2.40. The topological polar surface area (TPSA) is 35.2 Å². The minimum absolute atomic E-state index is 0.0966. The zero-order valence-electron chi connectivity index (χ0n) is 9.90. The van der Waals surface area contributed by atoms with Crippen LogP contribution < -0.4 is 10.5 Å². The third-order valence-corrected chi connectivity index (χ3v) is 3.37. The minimum Gasteiger partial charge on any atom is -0.454 e. The summed E-state index contributed by atoms with van der Waals surface area (Å²) in [7, 11) is 0. The molecule has 1 atom stereocenters. The van der Waals surface area contributed by atoms with Gasteiger partial charge in [0.05, 0.1) is 0 Å². The van der Waals surface area contributed by atoms with Crippen molar-refractivity contribution in [3.05, 3.63) is 59.4 Å². The molecule has 1 aliphatic heterocycles. The summed E-state index contributed by atoms with van der Waals surface area (Å²) in [5.41, 5.74) is 7.74. The van der Waals surface area contributed by atoms with E-state index in [1.807, 2.05) is 30.3 Å². The van der Waals surface area contributed by atoms with E-state index >= 15 is 0 Å². The van der Waals surface area contributed by atoms with Gasteiger partial charge < -0.3 is 10.5 Å². The monoisotopic (exact) mass is 243 g/mol. The zero-order chi connectivity index (χ0) is 12.5. The number of halogens is 1. The van der Waals surface area contributed by atoms with Gasteiger partial charge in [-0.2, -0.15) is 0 Å². The van der Waals surface area contributed by atoms with E-state index in [1.54, 1.807) is 6.07 Å². The Morgan fingerprint density at radius 1 is 1.17 bits per heavy atom. The van der Waals surface area contributed by atoms with Crippen molar-refractivity contribution in [3.63, 3.8) is 0 Å². The molecule has 2 nitrogen and oxygen atoms in total. The highest BCUT2D eigenvalue weighted by atomic mass is 19.1. The molecule has 0 unspecified atom stereocenters. The van der Waals surface area contributed by atoms with E-state index in [2.05, 4.69) is 0 Å². The molecular weight excluding hydrogens is 229 g/mol. The molecule has 0 spiro atoms. The molecule has 1 heterocycles. The molecule has 0 radical (unpaired) electrons. The van der Waals surface area contributed by atoms with Crippen molar-refractivity contribution < 1.29 is 9.13 Å². The lowest BCUT2D eigenvalue weighted by Crippen LogP contribution is -2.14. The fourth-order valence-electron chi connectivity index (χ4n) is 2.42. The second kappa shape index (κ2) is 4.42. The van der Waals surface area contributed by atoms with E-state index in [0.717, 1.165) is 23.3 Å². The first-order valence-corrected chi connectivity index (χ1v) is 6.04. The van der Waals surface area contributed by atoms with Crippen molar-refractivity contribution >= 4 is 0 Å². The van der Waals surface area contributed by atoms with Crippen molar-refractivity contribution in [1.29, 1.82) is 0 Å². The van der Waals surface area contributed by atoms with Gasteiger partial charge in [0.15, 0.2) is 11.6 Å². The van der Waals surface area contributed by atoms with Crippen LogP contribution in [0.15, 0.2) is 42.5 Å². The fraction of sp³-hybridized carbons (Fsp3) is 0.200. The molecule has 0 saturated carbocycles. The number of hydrogen-bond donors (Lipinski definition) is 1. The number of fused-ring (bicyclic) bond motifs is 2. The molecule has 0 amide bonds. The molecule has 18 heavy (non-hydrogen) atoms. The molecule has 0 aromatic heterocycles. The summed E-state index contributed by atoms with van der Waals surface area (Å²) >= 11 is 0. The molecule has 1 aliphatic rings. The Hall–Kier alpha value is -1.87. The van der Waals surface area contributed by atoms with Gasteiger partial charge >= 0.3 is 0 Å². The molecule has 92 valence electrons. The summed E-state index contributed by atoms with van der Waals surface area (Å²) in [6.45, 7) is 0.480. The van der Waals surface area contributed by atoms with Gasteiger partial charge in [-0.05, 0) is 30.7 Å². The molecule has 3 heteroatoms. The first kappa shape index (κ1) is 11.2. The summed E-state index contributed by atoms with van der Waals surface area (Å²) in [5, 5.41) is 0. The van der Waals surface area contributed by atoms with Crippen LogP contribution >= 0.6 is 0 Å². The number of hydrogen-bond acceptors (Lipinski definition) is 2. The average molecular weight is 243 g/mol. The molecule has 3 rings (SSSR count). The Balaban J connectivity index is 2.18. The second-order valence-electron chi connectivity index (χ2n) is 4.50. The van der Waals surface area contributed by atoms with E-state index in [-0.39, 0.29) is 11.7 Å². The first-order valence-electron chi connectivity index (χ1n) is 6.04. The summed E-state index contributed by atoms with van der Waals surface area (Å²) in [4.78, 5) is 0. The molecule has 0 fully saturated rings. The Morgan fingerprint density at radius 2 is 2.00 bits per heavy atom. The van der Waals surface area contributed by atoms with Gasteiger partial charge in [0.1, 0.15) is 5.75 Å². The molecule has 0 aliphatic carbocycles. The molecule has 0 saturated heterocycles. The summed E-state index contributed by atoms with van der Waals surface area (Å²) in [5.74, 6) is 0.805. The Kier molecular flexibility index (Phi) is 2.76. The summed E-state index contributed by atoms with van der Waals surface area (Å²) in [6.07, 6.45) is 0.781. The standard InChI is InChI=1S/C15H14FNO/c16-13-6-3-5-12-11(9-17)8-10-4-1-2-7-14(10)18-15(12)13/h1-7,11H,8-9,17H2/t11-/m1/s1. The van der Waals surface area contributed by atoms with Gasteiger partial charge in [-0.25, -0.2) is 4.39 Å². The van der Waals surface area contributed by atoms with Gasteiger partial charge in [0.25, 0.3) is 0 Å². The van der Waals surface area contributed by atoms with Crippen molar-refractivity contribution in [3.8, 4) is 11.5 Å². The highest BCUT2D eigenvalue weighted by molar-refractivity contribution is 5.47. The Labute approximate surface area is 105 Å². The van der Waals surface area contributed by atoms with E-state index in [0.29, 0.717) is 12.3 Å². The van der Waals surface area contributed by atoms with E-state index in [9.17, 15) is 4.39 Å². The lowest BCUT2D eigenvalue weighted by molar-refractivity contribution is 0.438. The average Bonchev–Trinajstić information content (AvgIpc) is 2.56. The molecule has 2 aromatic carbocycles. The number of nitrogens with two attached hydrogens (primary N) is 1. The van der Waals surface area contributed by atoms with Crippen molar-refractivity contribution in [2.24, 2.45) is 5.73 Å². The molecule has 2 N–H and O–H groups in total. The first-order chi connectivity index (χ1) is 8.79. The SMILES string of the molecule is NC[C@H]1Cc2ccccc2Oc2c(F)cccc21. The predicted octanol–water partition coefficient (Wildman–Crippen LogP) is 3.22. The third-order valence-electron chi connectivity index (χ3n) is 3.37. The molecule has 2 aromatic rings. The van der Waals surface area contributed by atoms with Gasteiger partial charge in [0.2, 0.25) is 0 Å². The smallest absolute Gasteiger partial charge is 0.166 e. The van der Waals surface area contributed by atoms with E-state index in [4.69, 9.17) is 10.5 Å². The second-order valence-corrected chi connectivity index (χ2v) is 4.50. The Morgan fingerprint density at radius 3 is 2.83 bits per heavy atom. The van der Waals surface area contributed by atoms with Crippen LogP contribution in [0.4, 0.5) is 4.39 Å². The third kappa shape index (κ3) is 1.77. The van der Waals surface area contributed by atoms with Gasteiger partial charge in [0, 0.05) is 11.5 Å². The van der Waals surface area contributed by atoms with Crippen LogP contribution in [0.3, 0.4) is 0 Å². The molecule has 0 bridgehead atoms. The van der Waals surface area contributed by atoms with Gasteiger partial charge in [-0.3, -0.25) is 0 Å². The van der Waals surface area contributed by atoms with Crippen LogP contribution in [0.1, 0.15) is 17.0 Å². The number of benzene rings is 2. The van der Waals surface area contributed by atoms with Crippen molar-refractivity contribution in [2.75, 3.05) is 6.54 Å². The maximum Gasteiger partial charge on any atom is 0.166 e. The lowest BCUT2D eigenvalue weighted by Gasteiger charge is -2.14. The normalized spacial score (nSPS) is 17.3. The Bertz CT molecular complexity index is 582. The molecular formula is C15H14FNO. The van der Waals surface area contributed by atoms with Gasteiger partial charge in [-0.15, -0.1) is 0 Å². The fourth-order valence-corrected chi connectivity index (χ4v) is 2.42. The largest absolute Gasteiger partial charge is 0.454 e.